The van der Waals surface area contributed by atoms with Crippen LogP contribution in [0.1, 0.15) is 12.5 Å². The number of benzene rings is 1. The third kappa shape index (κ3) is 4.44. The third-order valence-electron chi connectivity index (χ3n) is 1.89. The van der Waals surface area contributed by atoms with Gasteiger partial charge in [-0.15, -0.1) is 0 Å². The summed E-state index contributed by atoms with van der Waals surface area (Å²) in [7, 11) is 0. The second-order valence-corrected chi connectivity index (χ2v) is 4.01. The zero-order valence-electron chi connectivity index (χ0n) is 8.70. The van der Waals surface area contributed by atoms with Crippen LogP contribution in [0.3, 0.4) is 0 Å². The first-order chi connectivity index (χ1) is 7.24. The number of phenolic OH excluding ortho intramolecular Hbond substituents is 1. The Labute approximate surface area is 98.4 Å². The predicted molar refractivity (Wildman–Crippen MR) is 66.8 cm³/mol. The van der Waals surface area contributed by atoms with Crippen LogP contribution in [0.25, 0.3) is 0 Å². The fourth-order valence-electron chi connectivity index (χ4n) is 1.11. The van der Waals surface area contributed by atoms with E-state index in [0.717, 1.165) is 29.7 Å². The molecule has 0 radical (unpaired) electrons. The van der Waals surface area contributed by atoms with Crippen LogP contribution in [-0.2, 0) is 0 Å². The molecule has 0 unspecified atom stereocenters. The summed E-state index contributed by atoms with van der Waals surface area (Å²) in [4.78, 5) is 4.21. The van der Waals surface area contributed by atoms with Gasteiger partial charge in [0.15, 0.2) is 0 Å². The molecule has 0 aliphatic carbocycles. The smallest absolute Gasteiger partial charge is 0.124 e. The lowest BCUT2D eigenvalue weighted by molar-refractivity contribution is 0.474. The Morgan fingerprint density at radius 1 is 1.53 bits per heavy atom. The number of aromatic hydroxyl groups is 1. The minimum Gasteiger partial charge on any atom is -0.507 e. The van der Waals surface area contributed by atoms with E-state index < -0.39 is 0 Å². The van der Waals surface area contributed by atoms with Gasteiger partial charge < -0.3 is 10.4 Å². The van der Waals surface area contributed by atoms with E-state index in [1.807, 2.05) is 6.07 Å². The average Bonchev–Trinajstić information content (AvgIpc) is 2.23. The molecule has 1 rings (SSSR count). The summed E-state index contributed by atoms with van der Waals surface area (Å²) in [6.07, 6.45) is 1.69. The van der Waals surface area contributed by atoms with Gasteiger partial charge in [0.1, 0.15) is 5.75 Å². The Hall–Kier alpha value is -0.870. The molecule has 15 heavy (non-hydrogen) atoms. The van der Waals surface area contributed by atoms with Gasteiger partial charge in [0.2, 0.25) is 0 Å². The molecule has 0 saturated heterocycles. The highest BCUT2D eigenvalue weighted by Gasteiger charge is 1.97. The Kier molecular flexibility index (Phi) is 5.36. The summed E-state index contributed by atoms with van der Waals surface area (Å²) in [6.45, 7) is 4.60. The maximum Gasteiger partial charge on any atom is 0.124 e. The molecule has 0 amide bonds. The number of halogens is 1. The maximum atomic E-state index is 9.51. The normalized spacial score (nSPS) is 11.1. The Morgan fingerprint density at radius 3 is 3.07 bits per heavy atom. The lowest BCUT2D eigenvalue weighted by Crippen LogP contribution is -2.16. The molecule has 0 heterocycles. The summed E-state index contributed by atoms with van der Waals surface area (Å²) in [6, 6.07) is 5.28. The molecule has 0 atom stereocenters. The van der Waals surface area contributed by atoms with Crippen molar-refractivity contribution in [3.8, 4) is 5.75 Å². The molecule has 0 aliphatic rings. The number of nitrogens with zero attached hydrogens (tertiary/aromatic N) is 1. The molecule has 1 aromatic carbocycles. The second kappa shape index (κ2) is 6.58. The largest absolute Gasteiger partial charge is 0.507 e. The first kappa shape index (κ1) is 12.2. The van der Waals surface area contributed by atoms with Gasteiger partial charge in [-0.25, -0.2) is 0 Å². The molecule has 82 valence electrons. The van der Waals surface area contributed by atoms with Crippen molar-refractivity contribution < 1.29 is 5.11 Å². The van der Waals surface area contributed by atoms with Crippen LogP contribution >= 0.6 is 15.9 Å². The molecule has 1 aromatic rings. The molecule has 0 bridgehead atoms. The molecular formula is C11H15BrN2O. The van der Waals surface area contributed by atoms with Crippen LogP contribution < -0.4 is 5.32 Å². The van der Waals surface area contributed by atoms with Gasteiger partial charge in [0.05, 0.1) is 6.54 Å². The van der Waals surface area contributed by atoms with Crippen LogP contribution in [-0.4, -0.2) is 31.0 Å². The predicted octanol–water partition coefficient (Wildman–Crippen LogP) is 2.18. The van der Waals surface area contributed by atoms with Gasteiger partial charge in [0, 0.05) is 22.8 Å². The first-order valence-corrected chi connectivity index (χ1v) is 5.72. The number of aliphatic imine (C=N–C) groups is 1. The molecule has 2 N–H and O–H groups in total. The van der Waals surface area contributed by atoms with Crippen LogP contribution in [0.15, 0.2) is 27.7 Å². The van der Waals surface area contributed by atoms with E-state index in [4.69, 9.17) is 0 Å². The summed E-state index contributed by atoms with van der Waals surface area (Å²) in [5.74, 6) is 0.255. The standard InChI is InChI=1S/C11H15BrN2O/c1-2-13-5-6-14-8-9-7-10(12)3-4-11(9)15/h3-4,7-8,13,15H,2,5-6H2,1H3. The summed E-state index contributed by atoms with van der Waals surface area (Å²) in [5.41, 5.74) is 0.737. The minimum absolute atomic E-state index is 0.255. The van der Waals surface area contributed by atoms with E-state index in [1.165, 1.54) is 0 Å². The van der Waals surface area contributed by atoms with Crippen molar-refractivity contribution in [1.82, 2.24) is 5.32 Å². The topological polar surface area (TPSA) is 44.6 Å². The highest BCUT2D eigenvalue weighted by atomic mass is 79.9. The minimum atomic E-state index is 0.255. The maximum absolute atomic E-state index is 9.51. The lowest BCUT2D eigenvalue weighted by atomic mass is 10.2. The Balaban J connectivity index is 2.52. The number of phenols is 1. The number of nitrogens with one attached hydrogen (secondary N) is 1. The number of hydrogen-bond acceptors (Lipinski definition) is 3. The van der Waals surface area contributed by atoms with E-state index in [1.54, 1.807) is 18.3 Å². The molecular weight excluding hydrogens is 256 g/mol. The fourth-order valence-corrected chi connectivity index (χ4v) is 1.49. The SMILES string of the molecule is CCNCCN=Cc1cc(Br)ccc1O. The molecule has 4 heteroatoms. The lowest BCUT2D eigenvalue weighted by Gasteiger charge is -1.99. The van der Waals surface area contributed by atoms with Crippen LogP contribution in [0, 0.1) is 0 Å². The van der Waals surface area contributed by atoms with Crippen molar-refractivity contribution in [2.45, 2.75) is 6.92 Å². The van der Waals surface area contributed by atoms with Gasteiger partial charge >= 0.3 is 0 Å². The average molecular weight is 271 g/mol. The number of hydrogen-bond donors (Lipinski definition) is 2. The molecule has 0 spiro atoms. The molecule has 0 saturated carbocycles. The second-order valence-electron chi connectivity index (χ2n) is 3.09. The van der Waals surface area contributed by atoms with E-state index in [2.05, 4.69) is 33.2 Å². The van der Waals surface area contributed by atoms with E-state index in [0.29, 0.717) is 0 Å². The van der Waals surface area contributed by atoms with Crippen molar-refractivity contribution in [3.63, 3.8) is 0 Å². The molecule has 0 aromatic heterocycles. The quantitative estimate of drug-likeness (QED) is 0.637. The Morgan fingerprint density at radius 2 is 2.33 bits per heavy atom. The van der Waals surface area contributed by atoms with E-state index in [-0.39, 0.29) is 5.75 Å². The first-order valence-electron chi connectivity index (χ1n) is 4.93. The van der Waals surface area contributed by atoms with Gasteiger partial charge in [-0.05, 0) is 24.7 Å². The fraction of sp³-hybridized carbons (Fsp3) is 0.364. The van der Waals surface area contributed by atoms with Crippen LogP contribution in [0.4, 0.5) is 0 Å². The van der Waals surface area contributed by atoms with E-state index in [9.17, 15) is 5.11 Å². The van der Waals surface area contributed by atoms with Crippen LogP contribution in [0.5, 0.6) is 5.75 Å². The van der Waals surface area contributed by atoms with Crippen molar-refractivity contribution in [2.75, 3.05) is 19.6 Å². The van der Waals surface area contributed by atoms with Gasteiger partial charge in [0.25, 0.3) is 0 Å². The van der Waals surface area contributed by atoms with Gasteiger partial charge in [-0.1, -0.05) is 22.9 Å². The highest BCUT2D eigenvalue weighted by molar-refractivity contribution is 9.10. The zero-order valence-corrected chi connectivity index (χ0v) is 10.3. The van der Waals surface area contributed by atoms with E-state index >= 15 is 0 Å². The van der Waals surface area contributed by atoms with Crippen LogP contribution in [0.2, 0.25) is 0 Å². The summed E-state index contributed by atoms with van der Waals surface area (Å²) < 4.78 is 0.938. The highest BCUT2D eigenvalue weighted by Crippen LogP contribution is 2.19. The molecule has 0 aliphatic heterocycles. The van der Waals surface area contributed by atoms with Crippen molar-refractivity contribution in [1.29, 1.82) is 0 Å². The summed E-state index contributed by atoms with van der Waals surface area (Å²) >= 11 is 3.35. The number of likely N-dealkylation sites (N-methyl/N-ethyl adjacent to an activating group) is 1. The summed E-state index contributed by atoms with van der Waals surface area (Å²) in [5, 5.41) is 12.7. The third-order valence-corrected chi connectivity index (χ3v) is 2.38. The van der Waals surface area contributed by atoms with Gasteiger partial charge in [-0.3, -0.25) is 4.99 Å². The number of rotatable bonds is 5. The van der Waals surface area contributed by atoms with Crippen molar-refractivity contribution in [3.05, 3.63) is 28.2 Å². The van der Waals surface area contributed by atoms with Crippen molar-refractivity contribution >= 4 is 22.1 Å². The monoisotopic (exact) mass is 270 g/mol. The van der Waals surface area contributed by atoms with Crippen molar-refractivity contribution in [2.24, 2.45) is 4.99 Å². The zero-order chi connectivity index (χ0) is 11.1. The molecule has 3 nitrogen and oxygen atoms in total. The van der Waals surface area contributed by atoms with Gasteiger partial charge in [-0.2, -0.15) is 0 Å². The molecule has 0 fully saturated rings. The Bertz CT molecular complexity index is 339.